The van der Waals surface area contributed by atoms with E-state index in [4.69, 9.17) is 33.2 Å². The number of H-pyrrole nitrogens is 1. The molecule has 3 heterocycles. The predicted molar refractivity (Wildman–Crippen MR) is 188 cm³/mol. The highest BCUT2D eigenvalue weighted by molar-refractivity contribution is 5.91. The van der Waals surface area contributed by atoms with Crippen LogP contribution in [0.3, 0.4) is 0 Å². The van der Waals surface area contributed by atoms with Crippen molar-refractivity contribution in [1.82, 2.24) is 9.88 Å². The Labute approximate surface area is 289 Å². The molecule has 3 aliphatic rings. The Bertz CT molecular complexity index is 1590. The third kappa shape index (κ3) is 7.28. The number of carbonyl (C=O) groups excluding carboxylic acids is 2. The number of aromatic nitrogens is 1. The maximum Gasteiger partial charge on any atom is 0.338 e. The van der Waals surface area contributed by atoms with E-state index in [9.17, 15) is 9.59 Å². The number of nitrogens with zero attached hydrogens (tertiary/aromatic N) is 1. The minimum atomic E-state index is -0.670. The van der Waals surface area contributed by atoms with E-state index in [2.05, 4.69) is 35.7 Å². The number of nitrogens with one attached hydrogen (secondary N) is 1. The smallest absolute Gasteiger partial charge is 0.338 e. The van der Waals surface area contributed by atoms with Crippen LogP contribution in [-0.4, -0.2) is 89.8 Å². The molecule has 266 valence electrons. The number of aromatic amines is 1. The quantitative estimate of drug-likeness (QED) is 0.219. The molecule has 3 aromatic rings. The third-order valence-corrected chi connectivity index (χ3v) is 9.76. The summed E-state index contributed by atoms with van der Waals surface area (Å²) < 4.78 is 39.1. The largest absolute Gasteiger partial charge is 0.497 e. The van der Waals surface area contributed by atoms with Crippen LogP contribution in [0.1, 0.15) is 47.4 Å². The van der Waals surface area contributed by atoms with Crippen LogP contribution in [0.4, 0.5) is 0 Å². The van der Waals surface area contributed by atoms with Gasteiger partial charge in [0.25, 0.3) is 0 Å². The molecule has 49 heavy (non-hydrogen) atoms. The number of fused-ring (bicyclic) bond motifs is 6. The molecule has 1 saturated carbocycles. The Kier molecular flexibility index (Phi) is 12.8. The average Bonchev–Trinajstić information content (AvgIpc) is 3.51. The molecule has 2 aliphatic heterocycles. The van der Waals surface area contributed by atoms with Gasteiger partial charge in [0.05, 0.1) is 53.1 Å². The Balaban J connectivity index is 0.00000103. The number of hydrogen-bond acceptors (Lipinski definition) is 10. The first-order chi connectivity index (χ1) is 23.8. The van der Waals surface area contributed by atoms with Crippen LogP contribution in [0, 0.1) is 17.8 Å². The Morgan fingerprint density at radius 3 is 2.18 bits per heavy atom. The molecule has 6 rings (SSSR count). The summed E-state index contributed by atoms with van der Waals surface area (Å²) in [5.41, 5.74) is 3.83. The molecule has 1 aromatic heterocycles. The second-order valence-electron chi connectivity index (χ2n) is 12.1. The summed E-state index contributed by atoms with van der Waals surface area (Å²) in [4.78, 5) is 33.1. The molecule has 1 saturated heterocycles. The molecule has 1 N–H and O–H groups in total. The number of esters is 2. The molecule has 0 spiro atoms. The van der Waals surface area contributed by atoms with Gasteiger partial charge in [0.1, 0.15) is 18.0 Å². The van der Waals surface area contributed by atoms with E-state index in [1.165, 1.54) is 45.1 Å². The number of hydrogen-bond donors (Lipinski definition) is 1. The van der Waals surface area contributed by atoms with Crippen LogP contribution in [0.5, 0.6) is 23.0 Å². The van der Waals surface area contributed by atoms with Gasteiger partial charge in [0.15, 0.2) is 11.5 Å². The topological polar surface area (TPSA) is 118 Å². The van der Waals surface area contributed by atoms with E-state index < -0.39 is 24.1 Å². The van der Waals surface area contributed by atoms with E-state index in [0.29, 0.717) is 23.7 Å². The van der Waals surface area contributed by atoms with Gasteiger partial charge in [0.2, 0.25) is 5.75 Å². The predicted octanol–water partition coefficient (Wildman–Crippen LogP) is 6.17. The van der Waals surface area contributed by atoms with Crippen molar-refractivity contribution in [3.05, 3.63) is 73.0 Å². The van der Waals surface area contributed by atoms with Crippen molar-refractivity contribution < 1.29 is 42.7 Å². The Morgan fingerprint density at radius 2 is 1.61 bits per heavy atom. The molecule has 2 fully saturated rings. The zero-order chi connectivity index (χ0) is 35.8. The summed E-state index contributed by atoms with van der Waals surface area (Å²) in [6.07, 6.45) is 2.67. The van der Waals surface area contributed by atoms with Gasteiger partial charge in [0, 0.05) is 42.9 Å². The fourth-order valence-electron chi connectivity index (χ4n) is 7.76. The van der Waals surface area contributed by atoms with E-state index >= 15 is 0 Å². The monoisotopic (exact) mass is 678 g/mol. The van der Waals surface area contributed by atoms with Crippen LogP contribution in [-0.2, 0) is 25.4 Å². The second kappa shape index (κ2) is 16.8. The minimum Gasteiger partial charge on any atom is -0.497 e. The maximum atomic E-state index is 13.5. The zero-order valence-electron chi connectivity index (χ0n) is 29.7. The lowest BCUT2D eigenvalue weighted by atomic mass is 9.63. The van der Waals surface area contributed by atoms with E-state index in [0.717, 1.165) is 37.2 Å². The first-order valence-electron chi connectivity index (χ1n) is 16.4. The molecule has 0 bridgehead atoms. The average molecular weight is 679 g/mol. The molecule has 2 aromatic carbocycles. The summed E-state index contributed by atoms with van der Waals surface area (Å²) in [7, 11) is 9.10. The zero-order valence-corrected chi connectivity index (χ0v) is 29.7. The van der Waals surface area contributed by atoms with Crippen molar-refractivity contribution in [1.29, 1.82) is 0 Å². The molecule has 0 amide bonds. The highest BCUT2D eigenvalue weighted by Gasteiger charge is 2.54. The van der Waals surface area contributed by atoms with Crippen LogP contribution >= 0.6 is 0 Å². The lowest BCUT2D eigenvalue weighted by Crippen LogP contribution is -2.58. The van der Waals surface area contributed by atoms with Gasteiger partial charge < -0.3 is 38.1 Å². The lowest BCUT2D eigenvalue weighted by Gasteiger charge is -2.52. The molecule has 0 radical (unpaired) electrons. The number of benzene rings is 2. The van der Waals surface area contributed by atoms with Gasteiger partial charge in [-0.05, 0) is 67.9 Å². The van der Waals surface area contributed by atoms with E-state index in [1.807, 2.05) is 19.1 Å². The van der Waals surface area contributed by atoms with Gasteiger partial charge in [-0.2, -0.15) is 0 Å². The number of ether oxygens (including phenoxy) is 7. The van der Waals surface area contributed by atoms with Gasteiger partial charge >= 0.3 is 11.9 Å². The van der Waals surface area contributed by atoms with Crippen molar-refractivity contribution in [2.75, 3.05) is 55.7 Å². The number of carbonyl (C=O) groups is 2. The van der Waals surface area contributed by atoms with Gasteiger partial charge in [-0.1, -0.05) is 6.08 Å². The van der Waals surface area contributed by atoms with Crippen LogP contribution in [0.15, 0.2) is 56.1 Å². The number of piperidine rings is 1. The fraction of sp³-hybridized carbons (Fsp3) is 0.474. The van der Waals surface area contributed by atoms with Crippen molar-refractivity contribution in [3.8, 4) is 23.0 Å². The SMILES string of the molecule is C=C.C=CC.COC(=O)[C@H]1[C@H]2C[C@@H]3c4[nH]c5cc(OC)ccc5c4CCN3C[C@H]2C[C@@H](OC(=O)c2cc(OC)c(OC)c(OC)c2)[C@@H]1OC. The number of allylic oxidation sites excluding steroid dienone is 1. The van der Waals surface area contributed by atoms with Gasteiger partial charge in [-0.3, -0.25) is 9.69 Å². The van der Waals surface area contributed by atoms with E-state index in [-0.39, 0.29) is 29.4 Å². The number of rotatable bonds is 8. The molecule has 6 atom stereocenters. The minimum absolute atomic E-state index is 0.0170. The first-order valence-corrected chi connectivity index (χ1v) is 16.4. The maximum absolute atomic E-state index is 13.5. The Morgan fingerprint density at radius 1 is 0.939 bits per heavy atom. The third-order valence-electron chi connectivity index (χ3n) is 9.76. The lowest BCUT2D eigenvalue weighted by molar-refractivity contribution is -0.176. The molecule has 11 nitrogen and oxygen atoms in total. The summed E-state index contributed by atoms with van der Waals surface area (Å²) in [6.45, 7) is 12.9. The summed E-state index contributed by atoms with van der Waals surface area (Å²) in [5.74, 6) is 0.441. The second-order valence-corrected chi connectivity index (χ2v) is 12.1. The van der Waals surface area contributed by atoms with Crippen LogP contribution in [0.25, 0.3) is 10.9 Å². The fourth-order valence-corrected chi connectivity index (χ4v) is 7.76. The van der Waals surface area contributed by atoms with Crippen molar-refractivity contribution >= 4 is 22.8 Å². The summed E-state index contributed by atoms with van der Waals surface area (Å²) in [6, 6.07) is 9.40. The van der Waals surface area contributed by atoms with Gasteiger partial charge in [-0.15, -0.1) is 19.7 Å². The van der Waals surface area contributed by atoms with Crippen molar-refractivity contribution in [2.45, 2.75) is 44.4 Å². The normalized spacial score (nSPS) is 23.8. The Hall–Kier alpha value is -4.48. The van der Waals surface area contributed by atoms with Crippen LogP contribution < -0.4 is 18.9 Å². The van der Waals surface area contributed by atoms with E-state index in [1.54, 1.807) is 32.4 Å². The highest BCUT2D eigenvalue weighted by Crippen LogP contribution is 2.51. The van der Waals surface area contributed by atoms with Crippen LogP contribution in [0.2, 0.25) is 0 Å². The molecular weight excluding hydrogens is 628 g/mol. The summed E-state index contributed by atoms with van der Waals surface area (Å²) >= 11 is 0. The molecule has 11 heteroatoms. The van der Waals surface area contributed by atoms with Gasteiger partial charge in [-0.25, -0.2) is 4.79 Å². The van der Waals surface area contributed by atoms with Crippen molar-refractivity contribution in [3.63, 3.8) is 0 Å². The molecular formula is C38H50N2O9. The highest BCUT2D eigenvalue weighted by atomic mass is 16.6. The standard InChI is InChI=1S/C33H40N2O9.C3H6.C2H4/c1-38-19-7-8-20-21-9-10-35-16-18-13-27(44-32(36)17-11-25(39-2)30(41-4)26(12-17)40-3)31(42-5)28(33(37)43-6)22(18)15-24(35)29(21)34-23(20)14-19;1-3-2;1-2/h7-8,11-12,14,18,22,24,27-28,31,34H,9-10,13,15-16H2,1-6H3;3H,1H2,2H3;1-2H2/t18-,22+,24-,27-,28+,31+;;/m1../s1. The summed E-state index contributed by atoms with van der Waals surface area (Å²) in [5, 5.41) is 1.21. The molecule has 1 aliphatic carbocycles. The first kappa shape index (κ1) is 37.3. The van der Waals surface area contributed by atoms with Crippen molar-refractivity contribution in [2.24, 2.45) is 17.8 Å². The number of methoxy groups -OCH3 is 6. The molecule has 0 unspecified atom stereocenters.